The van der Waals surface area contributed by atoms with Crippen LogP contribution in [0.1, 0.15) is 24.0 Å². The highest BCUT2D eigenvalue weighted by atomic mass is 16.7. The molecule has 3 heterocycles. The van der Waals surface area contributed by atoms with Gasteiger partial charge in [0, 0.05) is 23.1 Å². The molecule has 0 aliphatic carbocycles. The zero-order valence-corrected chi connectivity index (χ0v) is 15.3. The van der Waals surface area contributed by atoms with Gasteiger partial charge >= 0.3 is 0 Å². The van der Waals surface area contributed by atoms with Crippen molar-refractivity contribution in [3.8, 4) is 23.0 Å². The van der Waals surface area contributed by atoms with E-state index in [2.05, 4.69) is 6.92 Å². The van der Waals surface area contributed by atoms with Crippen LogP contribution >= 0.6 is 0 Å². The lowest BCUT2D eigenvalue weighted by Crippen LogP contribution is -3.19. The molecule has 1 fully saturated rings. The maximum Gasteiger partial charge on any atom is 0.235 e. The van der Waals surface area contributed by atoms with Gasteiger partial charge in [-0.1, -0.05) is 25.1 Å². The monoisotopic (exact) mass is 370 g/mol. The fourth-order valence-electron chi connectivity index (χ4n) is 4.56. The van der Waals surface area contributed by atoms with Crippen LogP contribution in [0.25, 0.3) is 0 Å². The van der Waals surface area contributed by atoms with E-state index in [1.807, 2.05) is 30.3 Å². The van der Waals surface area contributed by atoms with Gasteiger partial charge < -0.3 is 24.1 Å². The van der Waals surface area contributed by atoms with Crippen LogP contribution in [0.4, 0.5) is 0 Å². The molecule has 142 valence electrons. The lowest BCUT2D eigenvalue weighted by Gasteiger charge is -2.42. The lowest BCUT2D eigenvalue weighted by molar-refractivity contribution is -0.955. The number of aromatic hydroxyl groups is 1. The highest BCUT2D eigenvalue weighted by Crippen LogP contribution is 2.49. The van der Waals surface area contributed by atoms with Crippen LogP contribution in [-0.2, 0) is 4.74 Å². The van der Waals surface area contributed by atoms with E-state index < -0.39 is 0 Å². The van der Waals surface area contributed by atoms with Crippen molar-refractivity contribution in [1.82, 2.24) is 0 Å². The summed E-state index contributed by atoms with van der Waals surface area (Å²) in [6.45, 7) is 5.77. The first-order chi connectivity index (χ1) is 13.2. The van der Waals surface area contributed by atoms with Crippen molar-refractivity contribution in [2.24, 2.45) is 5.92 Å². The molecule has 0 spiro atoms. The fourth-order valence-corrected chi connectivity index (χ4v) is 4.56. The molecular weight excluding hydrogens is 346 g/mol. The Kier molecular flexibility index (Phi) is 4.10. The summed E-state index contributed by atoms with van der Waals surface area (Å²) in [5.74, 6) is 2.78. The summed E-state index contributed by atoms with van der Waals surface area (Å²) in [6.07, 6.45) is -0.00798. The van der Waals surface area contributed by atoms with Crippen molar-refractivity contribution in [3.05, 3.63) is 47.5 Å². The predicted molar refractivity (Wildman–Crippen MR) is 97.6 cm³/mol. The molecule has 2 aromatic carbocycles. The van der Waals surface area contributed by atoms with Crippen LogP contribution in [0.5, 0.6) is 23.0 Å². The third kappa shape index (κ3) is 2.80. The third-order valence-electron chi connectivity index (χ3n) is 5.91. The Bertz CT molecular complexity index is 848. The topological polar surface area (TPSA) is 61.6 Å². The van der Waals surface area contributed by atoms with Crippen molar-refractivity contribution in [2.75, 3.05) is 33.1 Å². The summed E-state index contributed by atoms with van der Waals surface area (Å²) in [6, 6.07) is 11.5. The normalized spacial score (nSPS) is 27.1. The highest BCUT2D eigenvalue weighted by Gasteiger charge is 2.44. The number of nitrogens with one attached hydrogen (secondary N) is 1. The quantitative estimate of drug-likeness (QED) is 0.840. The molecule has 0 amide bonds. The Balaban J connectivity index is 1.62. The average Bonchev–Trinajstić information content (AvgIpc) is 3.15. The minimum atomic E-state index is -0.00798. The first-order valence-corrected chi connectivity index (χ1v) is 9.53. The van der Waals surface area contributed by atoms with Gasteiger partial charge in [0.1, 0.15) is 24.6 Å². The van der Waals surface area contributed by atoms with Crippen molar-refractivity contribution in [2.45, 2.75) is 19.1 Å². The van der Waals surface area contributed by atoms with E-state index in [0.717, 1.165) is 54.7 Å². The molecule has 5 rings (SSSR count). The minimum absolute atomic E-state index is 0.00798. The van der Waals surface area contributed by atoms with Gasteiger partial charge in [0.05, 0.1) is 19.1 Å². The van der Waals surface area contributed by atoms with Crippen molar-refractivity contribution in [1.29, 1.82) is 0 Å². The van der Waals surface area contributed by atoms with Gasteiger partial charge in [0.25, 0.3) is 0 Å². The molecule has 0 bridgehead atoms. The molecule has 0 radical (unpaired) electrons. The van der Waals surface area contributed by atoms with Crippen LogP contribution in [0.15, 0.2) is 36.4 Å². The number of quaternary nitrogens is 1. The highest BCUT2D eigenvalue weighted by molar-refractivity contribution is 5.57. The van der Waals surface area contributed by atoms with Gasteiger partial charge in [-0.3, -0.25) is 4.90 Å². The number of fused-ring (bicyclic) bond motifs is 2. The van der Waals surface area contributed by atoms with E-state index in [-0.39, 0.29) is 24.9 Å². The van der Waals surface area contributed by atoms with E-state index in [4.69, 9.17) is 18.9 Å². The number of rotatable bonds is 2. The SMILES string of the molecule is C[C@@H]1[C@@H](c2ccccc2O)c2cc3c(cc2O[C@@H]1[NH+]1CCOCC1)OCO3. The standard InChI is InChI=1S/C21H23NO5/c1-13-20(14-4-2-3-5-16(14)23)15-10-18-19(26-12-25-18)11-17(15)27-21(13)22-6-8-24-9-7-22/h2-5,10-11,13,20-21,23H,6-9,12H2,1H3/p+1/t13-,20+,21+/m1/s1. The zero-order valence-electron chi connectivity index (χ0n) is 15.3. The van der Waals surface area contributed by atoms with Gasteiger partial charge in [-0.15, -0.1) is 0 Å². The molecule has 0 unspecified atom stereocenters. The molecule has 1 saturated heterocycles. The molecular formula is C21H24NO5+. The number of hydrogen-bond acceptors (Lipinski definition) is 5. The molecule has 3 aliphatic heterocycles. The van der Waals surface area contributed by atoms with Crippen LogP contribution in [-0.4, -0.2) is 44.4 Å². The number of hydrogen-bond donors (Lipinski definition) is 2. The Hall–Kier alpha value is -2.44. The Morgan fingerprint density at radius 2 is 1.70 bits per heavy atom. The maximum atomic E-state index is 10.6. The van der Waals surface area contributed by atoms with E-state index in [1.165, 1.54) is 4.90 Å². The first-order valence-electron chi connectivity index (χ1n) is 9.53. The largest absolute Gasteiger partial charge is 0.508 e. The average molecular weight is 370 g/mol. The van der Waals surface area contributed by atoms with Gasteiger partial charge in [-0.25, -0.2) is 0 Å². The van der Waals surface area contributed by atoms with Crippen LogP contribution in [0.2, 0.25) is 0 Å². The summed E-state index contributed by atoms with van der Waals surface area (Å²) >= 11 is 0. The second-order valence-corrected chi connectivity index (χ2v) is 7.45. The molecule has 0 saturated carbocycles. The molecule has 6 nitrogen and oxygen atoms in total. The third-order valence-corrected chi connectivity index (χ3v) is 5.91. The predicted octanol–water partition coefficient (Wildman–Crippen LogP) is 1.52. The van der Waals surface area contributed by atoms with Crippen LogP contribution in [0, 0.1) is 5.92 Å². The Morgan fingerprint density at radius 1 is 0.963 bits per heavy atom. The van der Waals surface area contributed by atoms with Gasteiger partial charge in [0.15, 0.2) is 11.5 Å². The van der Waals surface area contributed by atoms with E-state index >= 15 is 0 Å². The van der Waals surface area contributed by atoms with E-state index in [1.54, 1.807) is 6.07 Å². The fraction of sp³-hybridized carbons (Fsp3) is 0.429. The molecule has 27 heavy (non-hydrogen) atoms. The summed E-state index contributed by atoms with van der Waals surface area (Å²) in [7, 11) is 0. The molecule has 6 heteroatoms. The molecule has 2 aromatic rings. The number of benzene rings is 2. The minimum Gasteiger partial charge on any atom is -0.508 e. The van der Waals surface area contributed by atoms with Crippen molar-refractivity contribution >= 4 is 0 Å². The van der Waals surface area contributed by atoms with E-state index in [9.17, 15) is 5.11 Å². The number of phenols is 1. The second kappa shape index (κ2) is 6.62. The van der Waals surface area contributed by atoms with Crippen LogP contribution in [0.3, 0.4) is 0 Å². The molecule has 3 atom stereocenters. The summed E-state index contributed by atoms with van der Waals surface area (Å²) < 4.78 is 23.2. The maximum absolute atomic E-state index is 10.6. The van der Waals surface area contributed by atoms with Gasteiger partial charge in [-0.05, 0) is 12.1 Å². The van der Waals surface area contributed by atoms with Crippen LogP contribution < -0.4 is 19.1 Å². The van der Waals surface area contributed by atoms with Gasteiger partial charge in [-0.2, -0.15) is 0 Å². The first kappa shape index (κ1) is 16.7. The van der Waals surface area contributed by atoms with Crippen molar-refractivity contribution < 1.29 is 29.0 Å². The zero-order chi connectivity index (χ0) is 18.4. The lowest BCUT2D eigenvalue weighted by atomic mass is 9.77. The Morgan fingerprint density at radius 3 is 2.48 bits per heavy atom. The van der Waals surface area contributed by atoms with E-state index in [0.29, 0.717) is 5.75 Å². The summed E-state index contributed by atoms with van der Waals surface area (Å²) in [5, 5.41) is 10.6. The number of para-hydroxylation sites is 1. The van der Waals surface area contributed by atoms with Crippen molar-refractivity contribution in [3.63, 3.8) is 0 Å². The molecule has 3 aliphatic rings. The smallest absolute Gasteiger partial charge is 0.235 e. The number of ether oxygens (including phenoxy) is 4. The molecule has 0 aromatic heterocycles. The number of morpholine rings is 1. The van der Waals surface area contributed by atoms with Gasteiger partial charge in [0.2, 0.25) is 13.0 Å². The summed E-state index contributed by atoms with van der Waals surface area (Å²) in [4.78, 5) is 1.39. The Labute approximate surface area is 158 Å². The second-order valence-electron chi connectivity index (χ2n) is 7.45. The summed E-state index contributed by atoms with van der Waals surface area (Å²) in [5.41, 5.74) is 1.96. The number of phenolic OH excluding ortho intramolecular Hbond substituents is 1. The molecule has 2 N–H and O–H groups in total.